The van der Waals surface area contributed by atoms with Crippen LogP contribution in [0.15, 0.2) is 53.3 Å². The van der Waals surface area contributed by atoms with Crippen molar-refractivity contribution in [1.29, 1.82) is 0 Å². The second-order valence-electron chi connectivity index (χ2n) is 10.1. The van der Waals surface area contributed by atoms with Gasteiger partial charge in [-0.2, -0.15) is 0 Å². The second-order valence-corrected chi connectivity index (χ2v) is 10.1. The van der Waals surface area contributed by atoms with Gasteiger partial charge < -0.3 is 0 Å². The lowest BCUT2D eigenvalue weighted by Crippen LogP contribution is -2.35. The number of alkyl halides is 2. The lowest BCUT2D eigenvalue weighted by molar-refractivity contribution is 0.0758. The molecule has 2 aromatic heterocycles. The number of rotatable bonds is 9. The van der Waals surface area contributed by atoms with Crippen LogP contribution in [0.25, 0.3) is 22.5 Å². The summed E-state index contributed by atoms with van der Waals surface area (Å²) in [5, 5.41) is 14.1. The highest BCUT2D eigenvalue weighted by atomic mass is 19.3. The number of aromatic nitrogens is 6. The third-order valence-corrected chi connectivity index (χ3v) is 7.57. The van der Waals surface area contributed by atoms with E-state index in [0.29, 0.717) is 31.5 Å². The first-order valence-corrected chi connectivity index (χ1v) is 13.6. The largest absolute Gasteiger partial charge is 0.335 e. The van der Waals surface area contributed by atoms with Crippen molar-refractivity contribution in [3.63, 3.8) is 0 Å². The average Bonchev–Trinajstić information content (AvgIpc) is 3.60. The van der Waals surface area contributed by atoms with Crippen LogP contribution in [0.2, 0.25) is 0 Å². The van der Waals surface area contributed by atoms with Crippen LogP contribution in [0.3, 0.4) is 0 Å². The van der Waals surface area contributed by atoms with Crippen LogP contribution in [-0.2, 0) is 13.0 Å². The summed E-state index contributed by atoms with van der Waals surface area (Å²) in [4.78, 5) is 26.9. The summed E-state index contributed by atoms with van der Waals surface area (Å²) in [6.45, 7) is 2.08. The third-order valence-electron chi connectivity index (χ3n) is 7.57. The molecule has 1 aliphatic rings. The lowest BCUT2D eigenvalue weighted by Gasteiger charge is -2.20. The van der Waals surface area contributed by atoms with E-state index in [1.165, 1.54) is 4.57 Å². The van der Waals surface area contributed by atoms with Gasteiger partial charge in [0, 0.05) is 17.2 Å². The number of carbonyl (C=O) groups excluding carboxylic acids is 1. The molecule has 1 aliphatic carbocycles. The molecule has 2 heterocycles. The number of hydrogen-bond donors (Lipinski definition) is 1. The molecule has 0 aliphatic heterocycles. The van der Waals surface area contributed by atoms with E-state index in [9.17, 15) is 18.4 Å². The minimum absolute atomic E-state index is 0.108. The molecule has 0 bridgehead atoms. The van der Waals surface area contributed by atoms with Gasteiger partial charge in [-0.3, -0.25) is 9.36 Å². The number of imidazole rings is 1. The zero-order valence-electron chi connectivity index (χ0n) is 21.9. The Balaban J connectivity index is 1.50. The van der Waals surface area contributed by atoms with E-state index in [2.05, 4.69) is 20.6 Å². The van der Waals surface area contributed by atoms with Gasteiger partial charge in [0.2, 0.25) is 5.91 Å². The predicted molar refractivity (Wildman–Crippen MR) is 144 cm³/mol. The maximum absolute atomic E-state index is 14.4. The number of tetrazole rings is 1. The second kappa shape index (κ2) is 11.8. The van der Waals surface area contributed by atoms with Crippen molar-refractivity contribution >= 4 is 5.91 Å². The fourth-order valence-electron chi connectivity index (χ4n) is 5.53. The van der Waals surface area contributed by atoms with Crippen LogP contribution in [0.1, 0.15) is 80.0 Å². The molecule has 1 N–H and O–H groups in total. The van der Waals surface area contributed by atoms with Crippen LogP contribution in [-0.4, -0.2) is 35.7 Å². The number of hydrogen-bond acceptors (Lipinski definition) is 5. The maximum atomic E-state index is 14.4. The van der Waals surface area contributed by atoms with E-state index in [1.807, 2.05) is 55.5 Å². The normalized spacial score (nSPS) is 14.3. The first-order chi connectivity index (χ1) is 19.0. The number of H-pyrrole nitrogens is 1. The molecule has 1 fully saturated rings. The summed E-state index contributed by atoms with van der Waals surface area (Å²) in [6, 6.07) is 15.3. The number of carbonyl (C=O) groups is 1. The highest BCUT2D eigenvalue weighted by Crippen LogP contribution is 2.31. The van der Waals surface area contributed by atoms with Crippen molar-refractivity contribution in [3.8, 4) is 22.5 Å². The highest BCUT2D eigenvalue weighted by molar-refractivity contribution is 5.82. The first kappa shape index (κ1) is 26.6. The van der Waals surface area contributed by atoms with Crippen LogP contribution < -0.4 is 5.69 Å². The van der Waals surface area contributed by atoms with Gasteiger partial charge >= 0.3 is 5.69 Å². The molecule has 0 spiro atoms. The molecular weight excluding hydrogens is 502 g/mol. The molecule has 10 heteroatoms. The van der Waals surface area contributed by atoms with Gasteiger partial charge in [-0.25, -0.2) is 23.2 Å². The quantitative estimate of drug-likeness (QED) is 0.282. The molecule has 4 aromatic rings. The molecule has 8 nitrogen and oxygen atoms in total. The van der Waals surface area contributed by atoms with Crippen molar-refractivity contribution in [2.24, 2.45) is 5.92 Å². The van der Waals surface area contributed by atoms with E-state index < -0.39 is 23.7 Å². The molecule has 204 valence electrons. The molecule has 5 rings (SSSR count). The Morgan fingerprint density at radius 3 is 2.41 bits per heavy atom. The highest BCUT2D eigenvalue weighted by Gasteiger charge is 2.33. The minimum Gasteiger partial charge on any atom is -0.291 e. The minimum atomic E-state index is -2.91. The Labute approximate surface area is 225 Å². The number of aromatic amines is 1. The molecule has 2 aromatic carbocycles. The molecule has 0 unspecified atom stereocenters. The van der Waals surface area contributed by atoms with E-state index >= 15 is 0 Å². The summed E-state index contributed by atoms with van der Waals surface area (Å²) in [5.41, 5.74) is 2.62. The topological polar surface area (TPSA) is 98.5 Å². The molecule has 0 amide bonds. The predicted octanol–water partition coefficient (Wildman–Crippen LogP) is 6.05. The van der Waals surface area contributed by atoms with Crippen molar-refractivity contribution < 1.29 is 13.6 Å². The van der Waals surface area contributed by atoms with Crippen molar-refractivity contribution in [3.05, 3.63) is 76.0 Å². The van der Waals surface area contributed by atoms with Gasteiger partial charge in [0.1, 0.15) is 5.69 Å². The summed E-state index contributed by atoms with van der Waals surface area (Å²) < 4.78 is 31.0. The zero-order valence-corrected chi connectivity index (χ0v) is 21.9. The third kappa shape index (κ3) is 5.46. The molecule has 1 saturated carbocycles. The SMILES string of the molecule is CCCCc1c(C(F)F)n(C(=O)C2CCCCC2)c(=O)n1Cc1ccc(-c2ccccc2-c2nnn[nH]2)cc1. The number of nitrogens with zero attached hydrogens (tertiary/aromatic N) is 5. The maximum Gasteiger partial charge on any atom is 0.335 e. The van der Waals surface area contributed by atoms with E-state index in [-0.39, 0.29) is 18.2 Å². The van der Waals surface area contributed by atoms with Gasteiger partial charge in [-0.05, 0) is 52.8 Å². The molecule has 0 saturated heterocycles. The first-order valence-electron chi connectivity index (χ1n) is 13.6. The fraction of sp³-hybridized carbons (Fsp3) is 0.414. The number of benzene rings is 2. The fourth-order valence-corrected chi connectivity index (χ4v) is 5.53. The van der Waals surface area contributed by atoms with Crippen molar-refractivity contribution in [2.45, 2.75) is 71.3 Å². The molecular formula is C29H32F2N6O2. The molecule has 39 heavy (non-hydrogen) atoms. The van der Waals surface area contributed by atoms with E-state index in [0.717, 1.165) is 52.5 Å². The standard InChI is InChI=1S/C29H32F2N6O2/c1-2-3-13-24-25(26(30)31)37(28(38)21-9-5-4-6-10-21)29(39)36(24)18-19-14-16-20(17-15-19)22-11-7-8-12-23(22)27-32-34-35-33-27/h7-8,11-12,14-17,21,26H,2-6,9-10,13,18H2,1H3,(H,32,33,34,35). The summed E-state index contributed by atoms with van der Waals surface area (Å²) >= 11 is 0. The Bertz CT molecular complexity index is 1470. The number of unbranched alkanes of at least 4 members (excludes halogenated alkanes) is 1. The van der Waals surface area contributed by atoms with Crippen LogP contribution >= 0.6 is 0 Å². The lowest BCUT2D eigenvalue weighted by atomic mass is 9.88. The molecule has 0 radical (unpaired) electrons. The van der Waals surface area contributed by atoms with Crippen molar-refractivity contribution in [2.75, 3.05) is 0 Å². The Kier molecular flexibility index (Phi) is 8.09. The number of nitrogens with one attached hydrogen (secondary N) is 1. The van der Waals surface area contributed by atoms with Crippen LogP contribution in [0, 0.1) is 5.92 Å². The van der Waals surface area contributed by atoms with Gasteiger partial charge in [0.15, 0.2) is 5.82 Å². The van der Waals surface area contributed by atoms with Crippen LogP contribution in [0.5, 0.6) is 0 Å². The van der Waals surface area contributed by atoms with Gasteiger partial charge in [0.05, 0.1) is 6.54 Å². The Morgan fingerprint density at radius 1 is 1.05 bits per heavy atom. The van der Waals surface area contributed by atoms with Gasteiger partial charge in [-0.1, -0.05) is 81.1 Å². The Morgan fingerprint density at radius 2 is 1.77 bits per heavy atom. The van der Waals surface area contributed by atoms with Gasteiger partial charge in [0.25, 0.3) is 6.43 Å². The average molecular weight is 535 g/mol. The zero-order chi connectivity index (χ0) is 27.4. The van der Waals surface area contributed by atoms with Gasteiger partial charge in [-0.15, -0.1) is 5.10 Å². The molecule has 0 atom stereocenters. The summed E-state index contributed by atoms with van der Waals surface area (Å²) in [7, 11) is 0. The monoisotopic (exact) mass is 534 g/mol. The van der Waals surface area contributed by atoms with E-state index in [4.69, 9.17) is 0 Å². The van der Waals surface area contributed by atoms with Crippen LogP contribution in [0.4, 0.5) is 8.78 Å². The van der Waals surface area contributed by atoms with Crippen molar-refractivity contribution in [1.82, 2.24) is 29.8 Å². The Hall–Kier alpha value is -3.95. The van der Waals surface area contributed by atoms with E-state index in [1.54, 1.807) is 0 Å². The number of halogens is 2. The summed E-state index contributed by atoms with van der Waals surface area (Å²) in [6.07, 6.45) is 2.88. The summed E-state index contributed by atoms with van der Waals surface area (Å²) in [5.74, 6) is -0.326. The smallest absolute Gasteiger partial charge is 0.291 e.